The van der Waals surface area contributed by atoms with Gasteiger partial charge in [0.15, 0.2) is 0 Å². The summed E-state index contributed by atoms with van der Waals surface area (Å²) in [5, 5.41) is 2.27. The van der Waals surface area contributed by atoms with Gasteiger partial charge in [-0.15, -0.1) is 0 Å². The van der Waals surface area contributed by atoms with Crippen molar-refractivity contribution < 1.29 is 4.42 Å². The molecule has 0 unspecified atom stereocenters. The van der Waals surface area contributed by atoms with E-state index in [1.54, 1.807) is 0 Å². The summed E-state index contributed by atoms with van der Waals surface area (Å²) in [7, 11) is 0. The highest BCUT2D eigenvalue weighted by atomic mass is 16.3. The van der Waals surface area contributed by atoms with Gasteiger partial charge in [0.05, 0.1) is 0 Å². The smallest absolute Gasteiger partial charge is 0.135 e. The van der Waals surface area contributed by atoms with E-state index >= 15 is 0 Å². The lowest BCUT2D eigenvalue weighted by Crippen LogP contribution is -1.86. The number of nitrogens with zero attached hydrogens (tertiary/aromatic N) is 1. The average molecular weight is 750 g/mol. The summed E-state index contributed by atoms with van der Waals surface area (Å²) < 4.78 is 6.26. The van der Waals surface area contributed by atoms with E-state index in [0.717, 1.165) is 33.9 Å². The van der Waals surface area contributed by atoms with Gasteiger partial charge in [0.1, 0.15) is 11.2 Å². The normalized spacial score (nSPS) is 11.6. The highest BCUT2D eigenvalue weighted by Gasteiger charge is 2.20. The quantitative estimate of drug-likeness (QED) is 0.164. The second kappa shape index (κ2) is 17.4. The van der Waals surface area contributed by atoms with Crippen molar-refractivity contribution in [2.45, 2.75) is 34.1 Å². The molecule has 58 heavy (non-hydrogen) atoms. The maximum absolute atomic E-state index is 6.26. The SMILES string of the molecule is C/C=C\C.C/C=C\C.c1ccc(-c2ccc3oc4ccc(-c5cccc(-c6ccc7c(c6)-c6cc(-c8cccc(-c9cccnc9)c8)ccc6C7)c5)cc4c3c2)cc1. The molecule has 0 fully saturated rings. The van der Waals surface area contributed by atoms with E-state index in [-0.39, 0.29) is 0 Å². The number of furan rings is 1. The third kappa shape index (κ3) is 7.96. The van der Waals surface area contributed by atoms with Crippen molar-refractivity contribution in [2.24, 2.45) is 0 Å². The lowest BCUT2D eigenvalue weighted by molar-refractivity contribution is 0.669. The van der Waals surface area contributed by atoms with Crippen molar-refractivity contribution >= 4 is 21.9 Å². The van der Waals surface area contributed by atoms with Crippen LogP contribution in [-0.4, -0.2) is 4.98 Å². The molecule has 0 atom stereocenters. The Kier molecular flexibility index (Phi) is 11.4. The number of fused-ring (bicyclic) bond motifs is 6. The Labute approximate surface area is 342 Å². The van der Waals surface area contributed by atoms with Crippen LogP contribution < -0.4 is 0 Å². The van der Waals surface area contributed by atoms with E-state index in [9.17, 15) is 0 Å². The van der Waals surface area contributed by atoms with E-state index < -0.39 is 0 Å². The van der Waals surface area contributed by atoms with Crippen molar-refractivity contribution in [1.82, 2.24) is 4.98 Å². The Balaban J connectivity index is 0.000000541. The van der Waals surface area contributed by atoms with Crippen LogP contribution in [0, 0.1) is 0 Å². The fourth-order valence-electron chi connectivity index (χ4n) is 7.58. The highest BCUT2D eigenvalue weighted by molar-refractivity contribution is 6.07. The molecular weight excluding hydrogens is 703 g/mol. The summed E-state index contributed by atoms with van der Waals surface area (Å²) in [5.74, 6) is 0. The summed E-state index contributed by atoms with van der Waals surface area (Å²) in [6.45, 7) is 8.00. The molecule has 0 aliphatic heterocycles. The van der Waals surface area contributed by atoms with E-state index in [4.69, 9.17) is 4.42 Å². The Morgan fingerprint density at radius 1 is 0.379 bits per heavy atom. The lowest BCUT2D eigenvalue weighted by Gasteiger charge is -2.10. The predicted octanol–water partition coefficient (Wildman–Crippen LogP) is 16.1. The number of allylic oxidation sites excluding steroid dienone is 4. The van der Waals surface area contributed by atoms with Gasteiger partial charge >= 0.3 is 0 Å². The summed E-state index contributed by atoms with van der Waals surface area (Å²) in [6.07, 6.45) is 12.7. The topological polar surface area (TPSA) is 26.0 Å². The van der Waals surface area contributed by atoms with Gasteiger partial charge in [-0.05, 0) is 161 Å². The zero-order chi connectivity index (χ0) is 39.8. The van der Waals surface area contributed by atoms with E-state index in [1.165, 1.54) is 72.3 Å². The van der Waals surface area contributed by atoms with Gasteiger partial charge in [0, 0.05) is 28.7 Å². The fourth-order valence-corrected chi connectivity index (χ4v) is 7.58. The zero-order valence-corrected chi connectivity index (χ0v) is 33.6. The highest BCUT2D eigenvalue weighted by Crippen LogP contribution is 2.42. The molecule has 10 rings (SSSR count). The minimum Gasteiger partial charge on any atom is -0.456 e. The summed E-state index contributed by atoms with van der Waals surface area (Å²) in [6, 6.07) is 59.3. The third-order valence-corrected chi connectivity index (χ3v) is 10.9. The van der Waals surface area contributed by atoms with Gasteiger partial charge in [0.2, 0.25) is 0 Å². The maximum atomic E-state index is 6.26. The molecule has 9 aromatic rings. The maximum Gasteiger partial charge on any atom is 0.135 e. The van der Waals surface area contributed by atoms with Gasteiger partial charge in [-0.3, -0.25) is 4.98 Å². The van der Waals surface area contributed by atoms with Crippen LogP contribution in [0.5, 0.6) is 0 Å². The van der Waals surface area contributed by atoms with Crippen LogP contribution in [0.3, 0.4) is 0 Å². The van der Waals surface area contributed by atoms with Crippen molar-refractivity contribution in [3.05, 3.63) is 212 Å². The Bertz CT molecular complexity index is 2880. The number of rotatable bonds is 5. The molecule has 0 N–H and O–H groups in total. The van der Waals surface area contributed by atoms with Crippen LogP contribution in [-0.2, 0) is 6.42 Å². The predicted molar refractivity (Wildman–Crippen MR) is 248 cm³/mol. The molecule has 0 spiro atoms. The second-order valence-corrected chi connectivity index (χ2v) is 14.5. The average Bonchev–Trinajstić information content (AvgIpc) is 3.86. The molecule has 0 radical (unpaired) electrons. The van der Waals surface area contributed by atoms with Crippen molar-refractivity contribution in [3.63, 3.8) is 0 Å². The molecule has 1 aliphatic rings. The van der Waals surface area contributed by atoms with Gasteiger partial charge < -0.3 is 4.42 Å². The van der Waals surface area contributed by atoms with Gasteiger partial charge in [-0.1, -0.05) is 133 Å². The van der Waals surface area contributed by atoms with E-state index in [0.29, 0.717) is 0 Å². The number of aromatic nitrogens is 1. The minimum absolute atomic E-state index is 0.908. The van der Waals surface area contributed by atoms with Gasteiger partial charge in [-0.2, -0.15) is 0 Å². The zero-order valence-electron chi connectivity index (χ0n) is 33.6. The van der Waals surface area contributed by atoms with Crippen molar-refractivity contribution in [2.75, 3.05) is 0 Å². The molecule has 7 aromatic carbocycles. The van der Waals surface area contributed by atoms with Gasteiger partial charge in [0.25, 0.3) is 0 Å². The molecule has 2 nitrogen and oxygen atoms in total. The molecular formula is C56H47NO. The van der Waals surface area contributed by atoms with Crippen molar-refractivity contribution in [1.29, 1.82) is 0 Å². The minimum atomic E-state index is 0.908. The molecule has 0 saturated heterocycles. The van der Waals surface area contributed by atoms with Crippen LogP contribution in [0.1, 0.15) is 38.8 Å². The number of pyridine rings is 1. The molecule has 282 valence electrons. The van der Waals surface area contributed by atoms with Crippen LogP contribution in [0.25, 0.3) is 88.7 Å². The first-order valence-electron chi connectivity index (χ1n) is 20.1. The molecule has 0 amide bonds. The lowest BCUT2D eigenvalue weighted by atomic mass is 9.94. The van der Waals surface area contributed by atoms with Gasteiger partial charge in [-0.25, -0.2) is 0 Å². The van der Waals surface area contributed by atoms with Crippen LogP contribution >= 0.6 is 0 Å². The first-order chi connectivity index (χ1) is 28.6. The molecule has 0 bridgehead atoms. The number of benzene rings is 7. The first kappa shape index (κ1) is 37.9. The number of hydrogen-bond donors (Lipinski definition) is 0. The number of hydrogen-bond acceptors (Lipinski definition) is 2. The Hall–Kier alpha value is -7.03. The molecule has 0 saturated carbocycles. The summed E-state index contributed by atoms with van der Waals surface area (Å²) in [4.78, 5) is 4.32. The first-order valence-corrected chi connectivity index (χ1v) is 20.1. The Morgan fingerprint density at radius 3 is 1.28 bits per heavy atom. The monoisotopic (exact) mass is 749 g/mol. The summed E-state index contributed by atoms with van der Waals surface area (Å²) in [5.41, 5.74) is 19.2. The molecule has 2 aromatic heterocycles. The molecule has 2 heterocycles. The molecule has 1 aliphatic carbocycles. The summed E-state index contributed by atoms with van der Waals surface area (Å²) >= 11 is 0. The van der Waals surface area contributed by atoms with E-state index in [2.05, 4.69) is 163 Å². The fraction of sp³-hybridized carbons (Fsp3) is 0.0893. The second-order valence-electron chi connectivity index (χ2n) is 14.5. The standard InChI is InChI=1S/C48H31NO.2C4H8/c1-2-7-31(8-3-1)36-18-20-47-45(28-36)46-29-39(19-21-48(46)50-47)33-10-4-9-32(23-33)37-14-16-40-25-41-17-15-38(27-44(41)43(40)26-37)34-11-5-12-35(24-34)42-13-6-22-49-30-42;2*1-3-4-2/h1-24,26-30H,25H2;2*3-4H,1-2H3/b;2*4-3-. The van der Waals surface area contributed by atoms with Crippen LogP contribution in [0.15, 0.2) is 205 Å². The van der Waals surface area contributed by atoms with Crippen LogP contribution in [0.2, 0.25) is 0 Å². The Morgan fingerprint density at radius 2 is 0.793 bits per heavy atom. The van der Waals surface area contributed by atoms with Crippen LogP contribution in [0.4, 0.5) is 0 Å². The van der Waals surface area contributed by atoms with Crippen molar-refractivity contribution in [3.8, 4) is 66.8 Å². The van der Waals surface area contributed by atoms with E-state index in [1.807, 2.05) is 70.5 Å². The molecule has 2 heteroatoms. The third-order valence-electron chi connectivity index (χ3n) is 10.9. The largest absolute Gasteiger partial charge is 0.456 e.